The Morgan fingerprint density at radius 1 is 1.05 bits per heavy atom. The molecule has 0 spiro atoms. The van der Waals surface area contributed by atoms with Crippen molar-refractivity contribution in [3.8, 4) is 0 Å². The molecule has 8 nitrogen and oxygen atoms in total. The zero-order chi connectivity index (χ0) is 29.2. The Kier molecular flexibility index (Phi) is 12.8. The van der Waals surface area contributed by atoms with E-state index >= 15 is 0 Å². The SMILES string of the molecule is C=C[C@](C)(CO)C(=O)OC.C=C[C@](C)(COC(F)(F)F)C(=O)O.O=C1OI(C(F)(F)F)c2ccccc21. The molecule has 1 aromatic carbocycles. The van der Waals surface area contributed by atoms with E-state index in [0.717, 1.165) is 13.0 Å². The third-order valence-corrected chi connectivity index (χ3v) is 8.47. The molecule has 0 aliphatic carbocycles. The first-order chi connectivity index (χ1) is 16.8. The van der Waals surface area contributed by atoms with Crippen LogP contribution in [0.4, 0.5) is 26.3 Å². The molecule has 0 fully saturated rings. The summed E-state index contributed by atoms with van der Waals surface area (Å²) in [7, 11) is 1.28. The van der Waals surface area contributed by atoms with Crippen LogP contribution in [0.2, 0.25) is 0 Å². The minimum absolute atomic E-state index is 0.0502. The molecule has 2 N–H and O–H groups in total. The minimum atomic E-state index is -4.82. The molecule has 1 heterocycles. The molecule has 0 bridgehead atoms. The number of aliphatic carboxylic acids is 1. The van der Waals surface area contributed by atoms with Crippen LogP contribution in [0.15, 0.2) is 49.6 Å². The summed E-state index contributed by atoms with van der Waals surface area (Å²) in [4.78, 5) is 32.3. The number of ether oxygens (including phenoxy) is 2. The zero-order valence-corrected chi connectivity index (χ0v) is 21.9. The van der Waals surface area contributed by atoms with E-state index in [1.807, 2.05) is 0 Å². The van der Waals surface area contributed by atoms with E-state index in [9.17, 15) is 40.7 Å². The summed E-state index contributed by atoms with van der Waals surface area (Å²) in [5.41, 5.74) is -2.60. The van der Waals surface area contributed by atoms with Gasteiger partial charge in [-0.1, -0.05) is 12.2 Å². The molecular weight excluding hydrogens is 633 g/mol. The molecule has 2 atom stereocenters. The molecule has 0 saturated carbocycles. The van der Waals surface area contributed by atoms with Gasteiger partial charge in [0.25, 0.3) is 0 Å². The third-order valence-electron chi connectivity index (χ3n) is 4.53. The maximum atomic E-state index is 12.4. The van der Waals surface area contributed by atoms with E-state index < -0.39 is 66.1 Å². The van der Waals surface area contributed by atoms with Gasteiger partial charge in [-0.2, -0.15) is 0 Å². The van der Waals surface area contributed by atoms with E-state index in [4.69, 9.17) is 10.2 Å². The number of fused-ring (bicyclic) bond motifs is 1. The first-order valence-corrected chi connectivity index (χ1v) is 12.8. The van der Waals surface area contributed by atoms with Crippen LogP contribution in [0.25, 0.3) is 0 Å². The molecule has 0 radical (unpaired) electrons. The Labute approximate surface area is 215 Å². The normalized spacial score (nSPS) is 16.7. The van der Waals surface area contributed by atoms with Gasteiger partial charge in [0.1, 0.15) is 10.8 Å². The topological polar surface area (TPSA) is 119 Å². The van der Waals surface area contributed by atoms with Crippen molar-refractivity contribution in [2.24, 2.45) is 10.8 Å². The number of aliphatic hydroxyl groups is 1. The van der Waals surface area contributed by atoms with E-state index in [0.29, 0.717) is 0 Å². The summed E-state index contributed by atoms with van der Waals surface area (Å²) in [6.07, 6.45) is -2.54. The molecule has 0 amide bonds. The number of alkyl halides is 7. The Balaban J connectivity index is 0.000000535. The first kappa shape index (κ1) is 34.3. The number of aliphatic hydroxyl groups excluding tert-OH is 1. The quantitative estimate of drug-likeness (QED) is 0.137. The van der Waals surface area contributed by atoms with Crippen LogP contribution in [0, 0.1) is 14.4 Å². The third kappa shape index (κ3) is 10.3. The summed E-state index contributed by atoms with van der Waals surface area (Å²) in [6.45, 7) is 7.94. The fraction of sp³-hybridized carbons (Fsp3) is 0.409. The number of benzene rings is 1. The summed E-state index contributed by atoms with van der Waals surface area (Å²) >= 11 is -3.76. The van der Waals surface area contributed by atoms with Crippen molar-refractivity contribution in [2.45, 2.75) is 24.4 Å². The van der Waals surface area contributed by atoms with Crippen LogP contribution >= 0.6 is 20.2 Å². The average molecular weight is 658 g/mol. The van der Waals surface area contributed by atoms with E-state index in [-0.39, 0.29) is 15.7 Å². The van der Waals surface area contributed by atoms with Gasteiger partial charge in [-0.3, -0.25) is 14.3 Å². The molecule has 210 valence electrons. The van der Waals surface area contributed by atoms with E-state index in [1.54, 1.807) is 6.92 Å². The van der Waals surface area contributed by atoms with Gasteiger partial charge in [-0.05, 0) is 13.8 Å². The molecule has 0 saturated heterocycles. The summed E-state index contributed by atoms with van der Waals surface area (Å²) in [5, 5.41) is 17.2. The molecule has 15 heteroatoms. The van der Waals surface area contributed by atoms with Gasteiger partial charge in [0.2, 0.25) is 0 Å². The van der Waals surface area contributed by atoms with Gasteiger partial charge in [0, 0.05) is 0 Å². The molecule has 1 aliphatic rings. The average Bonchev–Trinajstić information content (AvgIpc) is 3.19. The van der Waals surface area contributed by atoms with Gasteiger partial charge >= 0.3 is 103 Å². The van der Waals surface area contributed by atoms with Crippen molar-refractivity contribution in [1.29, 1.82) is 0 Å². The number of methoxy groups -OCH3 is 1. The second-order valence-corrected chi connectivity index (χ2v) is 11.7. The van der Waals surface area contributed by atoms with Crippen LogP contribution < -0.4 is 0 Å². The monoisotopic (exact) mass is 658 g/mol. The van der Waals surface area contributed by atoms with Crippen molar-refractivity contribution < 1.29 is 63.5 Å². The number of carbonyl (C=O) groups excluding carboxylic acids is 2. The fourth-order valence-corrected chi connectivity index (χ4v) is 5.22. The molecule has 1 aromatic rings. The second kappa shape index (κ2) is 13.8. The van der Waals surface area contributed by atoms with Gasteiger partial charge in [-0.25, -0.2) is 0 Å². The number of carboxylic acids is 1. The number of hydrogen-bond acceptors (Lipinski definition) is 7. The fourth-order valence-electron chi connectivity index (χ4n) is 1.97. The van der Waals surface area contributed by atoms with Crippen LogP contribution in [0.1, 0.15) is 24.2 Å². The summed E-state index contributed by atoms with van der Waals surface area (Å²) in [6, 6.07) is 5.69. The second-order valence-electron chi connectivity index (χ2n) is 7.45. The van der Waals surface area contributed by atoms with Crippen molar-refractivity contribution in [1.82, 2.24) is 0 Å². The zero-order valence-electron chi connectivity index (χ0n) is 19.8. The van der Waals surface area contributed by atoms with Crippen LogP contribution in [0.5, 0.6) is 0 Å². The number of esters is 1. The van der Waals surface area contributed by atoms with Crippen molar-refractivity contribution in [3.63, 3.8) is 0 Å². The van der Waals surface area contributed by atoms with Crippen molar-refractivity contribution in [2.75, 3.05) is 20.3 Å². The molecule has 0 aromatic heterocycles. The van der Waals surface area contributed by atoms with E-state index in [2.05, 4.69) is 25.7 Å². The molecular formula is C22H25F6IO8. The van der Waals surface area contributed by atoms with Crippen molar-refractivity contribution >= 4 is 38.1 Å². The maximum absolute atomic E-state index is 12.4. The predicted molar refractivity (Wildman–Crippen MR) is 126 cm³/mol. The van der Waals surface area contributed by atoms with Gasteiger partial charge in [0.15, 0.2) is 0 Å². The Hall–Kier alpha value is -2.66. The predicted octanol–water partition coefficient (Wildman–Crippen LogP) is 5.11. The number of carboxylic acid groups (broad SMARTS) is 1. The van der Waals surface area contributed by atoms with Crippen LogP contribution in [0.3, 0.4) is 0 Å². The Bertz CT molecular complexity index is 981. The Morgan fingerprint density at radius 3 is 1.92 bits per heavy atom. The first-order valence-electron chi connectivity index (χ1n) is 9.81. The Morgan fingerprint density at radius 2 is 1.57 bits per heavy atom. The van der Waals surface area contributed by atoms with Crippen LogP contribution in [-0.2, 0) is 22.1 Å². The van der Waals surface area contributed by atoms with E-state index in [1.165, 1.54) is 37.5 Å². The molecule has 1 aliphatic heterocycles. The van der Waals surface area contributed by atoms with Crippen LogP contribution in [-0.4, -0.2) is 59.0 Å². The van der Waals surface area contributed by atoms with Gasteiger partial charge in [-0.15, -0.1) is 26.3 Å². The standard InChI is InChI=1S/C8H4F3IO2.C7H9F3O3.C7H12O3/c9-8(10,11)12-6-4-2-1-3-5(6)7(13)14-12;1-3-6(2,5(11)12)4-13-7(8,9)10;1-4-7(2,5-8)6(9)10-3/h1-4H;3H,1,4H2,2H3,(H,11,12);4,8H,1,5H2,2-3H3/t;6-;7-/m.11/s1. The number of halogens is 7. The van der Waals surface area contributed by atoms with Gasteiger partial charge < -0.3 is 14.9 Å². The van der Waals surface area contributed by atoms with Gasteiger partial charge in [0.05, 0.1) is 20.3 Å². The van der Waals surface area contributed by atoms with Crippen molar-refractivity contribution in [3.05, 3.63) is 58.7 Å². The molecule has 37 heavy (non-hydrogen) atoms. The molecule has 2 rings (SSSR count). The number of carbonyl (C=O) groups is 3. The number of hydrogen-bond donors (Lipinski definition) is 2. The summed E-state index contributed by atoms with van der Waals surface area (Å²) < 4.78 is 79.7. The molecule has 0 unspecified atom stereocenters. The summed E-state index contributed by atoms with van der Waals surface area (Å²) in [5.74, 6) is -2.72. The number of rotatable bonds is 7.